The van der Waals surface area contributed by atoms with Crippen LogP contribution in [0.25, 0.3) is 0 Å². The third-order valence-corrected chi connectivity index (χ3v) is 4.77. The van der Waals surface area contributed by atoms with Gasteiger partial charge in [0.1, 0.15) is 0 Å². The van der Waals surface area contributed by atoms with Gasteiger partial charge in [0.15, 0.2) is 5.69 Å². The minimum Gasteiger partial charge on any atom is -0.319 e. The molecule has 0 spiro atoms. The fourth-order valence-electron chi connectivity index (χ4n) is 2.66. The molecule has 1 N–H and O–H groups in total. The first-order valence-corrected chi connectivity index (χ1v) is 8.24. The normalized spacial score (nSPS) is 15.6. The molecule has 6 heteroatoms. The Morgan fingerprint density at radius 2 is 2.14 bits per heavy atom. The monoisotopic (exact) mass is 362 g/mol. The molecule has 1 amide bonds. The van der Waals surface area contributed by atoms with Gasteiger partial charge in [0, 0.05) is 18.1 Å². The van der Waals surface area contributed by atoms with Gasteiger partial charge in [0.2, 0.25) is 0 Å². The van der Waals surface area contributed by atoms with Crippen LogP contribution in [0.2, 0.25) is 0 Å². The molecule has 116 valence electrons. The van der Waals surface area contributed by atoms with Crippen LogP contribution in [0, 0.1) is 19.8 Å². The Hall–Kier alpha value is -1.69. The minimum atomic E-state index is -0.195. The van der Waals surface area contributed by atoms with Crippen molar-refractivity contribution in [3.8, 4) is 0 Å². The zero-order chi connectivity index (χ0) is 15.9. The van der Waals surface area contributed by atoms with Crippen molar-refractivity contribution in [3.63, 3.8) is 0 Å². The third kappa shape index (κ3) is 2.92. The largest absolute Gasteiger partial charge is 0.319 e. The van der Waals surface area contributed by atoms with Crippen molar-refractivity contribution in [2.75, 3.05) is 5.32 Å². The van der Waals surface area contributed by atoms with E-state index >= 15 is 0 Å². The van der Waals surface area contributed by atoms with E-state index in [0.717, 1.165) is 21.4 Å². The van der Waals surface area contributed by atoms with Gasteiger partial charge in [-0.3, -0.25) is 14.5 Å². The highest BCUT2D eigenvalue weighted by Gasteiger charge is 2.31. The molecule has 3 rings (SSSR count). The minimum absolute atomic E-state index is 0.195. The van der Waals surface area contributed by atoms with E-state index in [1.807, 2.05) is 24.6 Å². The topological polar surface area (TPSA) is 59.8 Å². The Morgan fingerprint density at radius 1 is 1.41 bits per heavy atom. The number of hydrogen-bond donors (Lipinski definition) is 1. The Balaban J connectivity index is 1.82. The second-order valence-corrected chi connectivity index (χ2v) is 6.82. The molecular formula is C16H19BrN4O. The van der Waals surface area contributed by atoms with Crippen LogP contribution in [0.3, 0.4) is 0 Å². The van der Waals surface area contributed by atoms with Gasteiger partial charge in [-0.1, -0.05) is 0 Å². The summed E-state index contributed by atoms with van der Waals surface area (Å²) in [6.07, 6.45) is 5.90. The summed E-state index contributed by atoms with van der Waals surface area (Å²) < 4.78 is 2.74. The lowest BCUT2D eigenvalue weighted by Crippen LogP contribution is -2.16. The first-order chi connectivity index (χ1) is 10.5. The summed E-state index contributed by atoms with van der Waals surface area (Å²) in [7, 11) is 0. The molecule has 0 aliphatic heterocycles. The predicted octanol–water partition coefficient (Wildman–Crippen LogP) is 3.88. The molecule has 22 heavy (non-hydrogen) atoms. The number of amides is 1. The first-order valence-electron chi connectivity index (χ1n) is 7.45. The van der Waals surface area contributed by atoms with E-state index in [2.05, 4.69) is 38.3 Å². The number of carbonyl (C=O) groups excluding carboxylic acids is 1. The predicted molar refractivity (Wildman–Crippen MR) is 89.0 cm³/mol. The third-order valence-electron chi connectivity index (χ3n) is 4.17. The summed E-state index contributed by atoms with van der Waals surface area (Å²) in [6, 6.07) is 2.20. The average molecular weight is 363 g/mol. The fraction of sp³-hybridized carbons (Fsp3) is 0.438. The number of pyridine rings is 1. The first kappa shape index (κ1) is 15.2. The molecule has 0 bridgehead atoms. The maximum absolute atomic E-state index is 12.5. The number of anilines is 1. The van der Waals surface area contributed by atoms with E-state index in [-0.39, 0.29) is 5.91 Å². The molecule has 1 atom stereocenters. The van der Waals surface area contributed by atoms with Crippen LogP contribution in [0.4, 0.5) is 5.69 Å². The number of nitrogens with one attached hydrogen (secondary N) is 1. The molecule has 2 aromatic heterocycles. The summed E-state index contributed by atoms with van der Waals surface area (Å²) in [5.74, 6) is 0.506. The van der Waals surface area contributed by atoms with Crippen molar-refractivity contribution in [3.05, 3.63) is 39.9 Å². The summed E-state index contributed by atoms with van der Waals surface area (Å²) >= 11 is 3.42. The summed E-state index contributed by atoms with van der Waals surface area (Å²) in [6.45, 7) is 6.08. The summed E-state index contributed by atoms with van der Waals surface area (Å²) in [5, 5.41) is 7.42. The summed E-state index contributed by atoms with van der Waals surface area (Å²) in [5.41, 5.74) is 3.12. The van der Waals surface area contributed by atoms with Gasteiger partial charge >= 0.3 is 0 Å². The van der Waals surface area contributed by atoms with Crippen LogP contribution >= 0.6 is 15.9 Å². The second kappa shape index (κ2) is 5.83. The van der Waals surface area contributed by atoms with Crippen LogP contribution in [0.1, 0.15) is 47.6 Å². The lowest BCUT2D eigenvalue weighted by molar-refractivity contribution is 0.102. The van der Waals surface area contributed by atoms with E-state index in [0.29, 0.717) is 17.7 Å². The molecule has 2 aromatic rings. The molecule has 1 unspecified atom stereocenters. The fourth-order valence-corrected chi connectivity index (χ4v) is 3.19. The van der Waals surface area contributed by atoms with Gasteiger partial charge in [-0.2, -0.15) is 5.10 Å². The Labute approximate surface area is 138 Å². The molecule has 1 aliphatic carbocycles. The van der Waals surface area contributed by atoms with Crippen molar-refractivity contribution in [2.45, 2.75) is 39.7 Å². The number of hydrogen-bond acceptors (Lipinski definition) is 3. The average Bonchev–Trinajstić information content (AvgIpc) is 3.25. The standard InChI is InChI=1S/C16H19BrN4O/c1-9-7-18-8-13(17)15(9)19-16(22)14-6-10(2)21(20-14)11(3)12-4-5-12/h6-8,11-12H,4-5H2,1-3H3,(H,18,19,22). The molecule has 0 saturated heterocycles. The summed E-state index contributed by atoms with van der Waals surface area (Å²) in [4.78, 5) is 16.5. The number of carbonyl (C=O) groups is 1. The van der Waals surface area contributed by atoms with Crippen molar-refractivity contribution in [1.82, 2.24) is 14.8 Å². The number of aromatic nitrogens is 3. The highest BCUT2D eigenvalue weighted by atomic mass is 79.9. The molecule has 1 fully saturated rings. The van der Waals surface area contributed by atoms with Gasteiger partial charge < -0.3 is 5.32 Å². The van der Waals surface area contributed by atoms with Crippen LogP contribution in [-0.4, -0.2) is 20.7 Å². The molecule has 1 aliphatic rings. The van der Waals surface area contributed by atoms with Crippen molar-refractivity contribution in [1.29, 1.82) is 0 Å². The van der Waals surface area contributed by atoms with Gasteiger partial charge in [0.05, 0.1) is 16.2 Å². The van der Waals surface area contributed by atoms with E-state index < -0.39 is 0 Å². The number of aryl methyl sites for hydroxylation is 2. The highest BCUT2D eigenvalue weighted by Crippen LogP contribution is 2.39. The van der Waals surface area contributed by atoms with Crippen LogP contribution < -0.4 is 5.32 Å². The number of nitrogens with zero attached hydrogens (tertiary/aromatic N) is 3. The quantitative estimate of drug-likeness (QED) is 0.897. The van der Waals surface area contributed by atoms with Gasteiger partial charge in [-0.25, -0.2) is 0 Å². The van der Waals surface area contributed by atoms with Gasteiger partial charge in [0.25, 0.3) is 5.91 Å². The molecule has 0 radical (unpaired) electrons. The smallest absolute Gasteiger partial charge is 0.276 e. The number of halogens is 1. The van der Waals surface area contributed by atoms with Crippen molar-refractivity contribution in [2.24, 2.45) is 5.92 Å². The van der Waals surface area contributed by atoms with Gasteiger partial charge in [-0.05, 0) is 67.1 Å². The molecule has 1 saturated carbocycles. The van der Waals surface area contributed by atoms with Crippen molar-refractivity contribution >= 4 is 27.5 Å². The highest BCUT2D eigenvalue weighted by molar-refractivity contribution is 9.10. The lowest BCUT2D eigenvalue weighted by atomic mass is 10.2. The van der Waals surface area contributed by atoms with E-state index in [9.17, 15) is 4.79 Å². The van der Waals surface area contributed by atoms with Gasteiger partial charge in [-0.15, -0.1) is 0 Å². The maximum atomic E-state index is 12.5. The van der Waals surface area contributed by atoms with E-state index in [4.69, 9.17) is 0 Å². The zero-order valence-corrected chi connectivity index (χ0v) is 14.5. The van der Waals surface area contributed by atoms with Crippen LogP contribution in [-0.2, 0) is 0 Å². The van der Waals surface area contributed by atoms with Crippen molar-refractivity contribution < 1.29 is 4.79 Å². The van der Waals surface area contributed by atoms with Crippen LogP contribution in [0.5, 0.6) is 0 Å². The molecule has 5 nitrogen and oxygen atoms in total. The lowest BCUT2D eigenvalue weighted by Gasteiger charge is -2.12. The Bertz CT molecular complexity index is 701. The van der Waals surface area contributed by atoms with Crippen LogP contribution in [0.15, 0.2) is 22.9 Å². The molecule has 2 heterocycles. The number of rotatable bonds is 4. The Morgan fingerprint density at radius 3 is 2.77 bits per heavy atom. The molecular weight excluding hydrogens is 344 g/mol. The maximum Gasteiger partial charge on any atom is 0.276 e. The second-order valence-electron chi connectivity index (χ2n) is 5.96. The Kier molecular flexibility index (Phi) is 4.04. The SMILES string of the molecule is Cc1cncc(Br)c1NC(=O)c1cc(C)n(C(C)C2CC2)n1. The zero-order valence-electron chi connectivity index (χ0n) is 12.9. The van der Waals surface area contributed by atoms with E-state index in [1.165, 1.54) is 12.8 Å². The van der Waals surface area contributed by atoms with E-state index in [1.54, 1.807) is 12.4 Å². The molecule has 0 aromatic carbocycles.